The van der Waals surface area contributed by atoms with Crippen LogP contribution in [0.5, 0.6) is 5.75 Å². The first-order valence-electron chi connectivity index (χ1n) is 5.48. The van der Waals surface area contributed by atoms with Crippen LogP contribution in [0.3, 0.4) is 0 Å². The Kier molecular flexibility index (Phi) is 5.12. The summed E-state index contributed by atoms with van der Waals surface area (Å²) >= 11 is 6.63. The number of ether oxygens (including phenoxy) is 1. The molecular formula is C13H9Br2ClO3S. The molecule has 0 aromatic heterocycles. The van der Waals surface area contributed by atoms with Gasteiger partial charge in [-0.25, -0.2) is 8.42 Å². The van der Waals surface area contributed by atoms with Gasteiger partial charge in [-0.05, 0) is 51.8 Å². The lowest BCUT2D eigenvalue weighted by atomic mass is 10.2. The lowest BCUT2D eigenvalue weighted by Gasteiger charge is -2.09. The van der Waals surface area contributed by atoms with E-state index in [0.29, 0.717) is 16.8 Å². The molecule has 0 saturated heterocycles. The number of hydrogen-bond donors (Lipinski definition) is 0. The smallest absolute Gasteiger partial charge is 0.261 e. The van der Waals surface area contributed by atoms with Gasteiger partial charge >= 0.3 is 0 Å². The minimum Gasteiger partial charge on any atom is -0.488 e. The van der Waals surface area contributed by atoms with Gasteiger partial charge in [0.25, 0.3) is 9.05 Å². The molecule has 2 rings (SSSR count). The Bertz CT molecular complexity index is 715. The Labute approximate surface area is 138 Å². The van der Waals surface area contributed by atoms with Gasteiger partial charge in [0.1, 0.15) is 12.4 Å². The lowest BCUT2D eigenvalue weighted by Crippen LogP contribution is -1.97. The first kappa shape index (κ1) is 15.8. The molecule has 7 heteroatoms. The zero-order chi connectivity index (χ0) is 14.8. The summed E-state index contributed by atoms with van der Waals surface area (Å²) in [7, 11) is 1.54. The molecule has 20 heavy (non-hydrogen) atoms. The van der Waals surface area contributed by atoms with Crippen LogP contribution in [0.25, 0.3) is 0 Å². The van der Waals surface area contributed by atoms with Crippen LogP contribution in [0.4, 0.5) is 0 Å². The number of rotatable bonds is 4. The van der Waals surface area contributed by atoms with Crippen LogP contribution in [-0.2, 0) is 15.7 Å². The molecule has 0 aliphatic carbocycles. The Morgan fingerprint density at radius 1 is 1.05 bits per heavy atom. The van der Waals surface area contributed by atoms with Crippen molar-refractivity contribution < 1.29 is 13.2 Å². The molecule has 0 aliphatic heterocycles. The molecule has 106 valence electrons. The first-order chi connectivity index (χ1) is 9.36. The Morgan fingerprint density at radius 3 is 2.25 bits per heavy atom. The highest BCUT2D eigenvalue weighted by Gasteiger charge is 2.12. The standard InChI is InChI=1S/C13H9Br2ClO3S/c14-10-3-1-9(2-4-10)8-19-13-6-5-11(7-12(13)15)20(16,17)18/h1-7H,8H2. The number of benzene rings is 2. The van der Waals surface area contributed by atoms with Crippen molar-refractivity contribution in [2.45, 2.75) is 11.5 Å². The fourth-order valence-corrected chi connectivity index (χ4v) is 3.18. The summed E-state index contributed by atoms with van der Waals surface area (Å²) in [6.45, 7) is 0.388. The van der Waals surface area contributed by atoms with Gasteiger partial charge in [0.05, 0.1) is 9.37 Å². The maximum Gasteiger partial charge on any atom is 0.261 e. The molecule has 0 amide bonds. The molecule has 0 radical (unpaired) electrons. The van der Waals surface area contributed by atoms with E-state index in [1.807, 2.05) is 24.3 Å². The first-order valence-corrected chi connectivity index (χ1v) is 9.37. The summed E-state index contributed by atoms with van der Waals surface area (Å²) in [6, 6.07) is 12.1. The highest BCUT2D eigenvalue weighted by molar-refractivity contribution is 9.10. The van der Waals surface area contributed by atoms with E-state index in [-0.39, 0.29) is 4.90 Å². The third-order valence-electron chi connectivity index (χ3n) is 2.49. The molecule has 0 N–H and O–H groups in total. The molecule has 0 spiro atoms. The Morgan fingerprint density at radius 2 is 1.70 bits per heavy atom. The minimum absolute atomic E-state index is 0.0297. The van der Waals surface area contributed by atoms with E-state index in [1.165, 1.54) is 12.1 Å². The third kappa shape index (κ3) is 4.22. The average molecular weight is 441 g/mol. The van der Waals surface area contributed by atoms with Crippen molar-refractivity contribution in [2.75, 3.05) is 0 Å². The van der Waals surface area contributed by atoms with Crippen molar-refractivity contribution in [1.29, 1.82) is 0 Å². The summed E-state index contributed by atoms with van der Waals surface area (Å²) in [6.07, 6.45) is 0. The fourth-order valence-electron chi connectivity index (χ4n) is 1.49. The molecule has 0 aliphatic rings. The zero-order valence-corrected chi connectivity index (χ0v) is 14.8. The molecular weight excluding hydrogens is 431 g/mol. The van der Waals surface area contributed by atoms with E-state index in [2.05, 4.69) is 31.9 Å². The van der Waals surface area contributed by atoms with Crippen LogP contribution >= 0.6 is 42.5 Å². The van der Waals surface area contributed by atoms with Gasteiger partial charge in [0, 0.05) is 15.2 Å². The summed E-state index contributed by atoms with van der Waals surface area (Å²) in [5, 5.41) is 0. The maximum atomic E-state index is 11.2. The predicted molar refractivity (Wildman–Crippen MR) is 85.7 cm³/mol. The molecule has 0 unspecified atom stereocenters. The third-order valence-corrected chi connectivity index (χ3v) is 4.99. The van der Waals surface area contributed by atoms with Crippen molar-refractivity contribution in [3.63, 3.8) is 0 Å². The predicted octanol–water partition coefficient (Wildman–Crippen LogP) is 4.72. The molecule has 0 saturated carbocycles. The van der Waals surface area contributed by atoms with E-state index in [0.717, 1.165) is 10.0 Å². The Balaban J connectivity index is 2.12. The highest BCUT2D eigenvalue weighted by Crippen LogP contribution is 2.29. The zero-order valence-electron chi connectivity index (χ0n) is 10.0. The second kappa shape index (κ2) is 6.47. The van der Waals surface area contributed by atoms with Crippen LogP contribution in [0.1, 0.15) is 5.56 Å². The number of hydrogen-bond acceptors (Lipinski definition) is 3. The highest BCUT2D eigenvalue weighted by atomic mass is 79.9. The molecule has 0 heterocycles. The van der Waals surface area contributed by atoms with Crippen molar-refractivity contribution in [1.82, 2.24) is 0 Å². The largest absolute Gasteiger partial charge is 0.488 e. The fraction of sp³-hybridized carbons (Fsp3) is 0.0769. The van der Waals surface area contributed by atoms with Crippen LogP contribution in [-0.4, -0.2) is 8.42 Å². The van der Waals surface area contributed by atoms with Gasteiger partial charge in [-0.1, -0.05) is 28.1 Å². The maximum absolute atomic E-state index is 11.2. The van der Waals surface area contributed by atoms with Crippen molar-refractivity contribution >= 4 is 51.6 Å². The van der Waals surface area contributed by atoms with Crippen LogP contribution in [0, 0.1) is 0 Å². The number of halogens is 3. The lowest BCUT2D eigenvalue weighted by molar-refractivity contribution is 0.304. The summed E-state index contributed by atoms with van der Waals surface area (Å²) in [5.41, 5.74) is 1.01. The summed E-state index contributed by atoms with van der Waals surface area (Å²) < 4.78 is 29.6. The SMILES string of the molecule is O=S(=O)(Cl)c1ccc(OCc2ccc(Br)cc2)c(Br)c1. The second-order valence-corrected chi connectivity index (χ2v) is 8.28. The molecule has 2 aromatic rings. The van der Waals surface area contributed by atoms with Crippen LogP contribution < -0.4 is 4.74 Å². The van der Waals surface area contributed by atoms with E-state index in [4.69, 9.17) is 15.4 Å². The molecule has 0 fully saturated rings. The normalized spacial score (nSPS) is 11.3. The van der Waals surface area contributed by atoms with Crippen LogP contribution in [0.15, 0.2) is 56.3 Å². The van der Waals surface area contributed by atoms with E-state index < -0.39 is 9.05 Å². The molecule has 0 bridgehead atoms. The summed E-state index contributed by atoms with van der Waals surface area (Å²) in [5.74, 6) is 0.553. The second-order valence-electron chi connectivity index (χ2n) is 3.95. The van der Waals surface area contributed by atoms with Gasteiger partial charge < -0.3 is 4.74 Å². The van der Waals surface area contributed by atoms with E-state index in [1.54, 1.807) is 6.07 Å². The van der Waals surface area contributed by atoms with Gasteiger partial charge in [-0.3, -0.25) is 0 Å². The topological polar surface area (TPSA) is 43.4 Å². The Hall–Kier alpha value is -0.560. The van der Waals surface area contributed by atoms with Crippen LogP contribution in [0.2, 0.25) is 0 Å². The van der Waals surface area contributed by atoms with Gasteiger partial charge in [0.15, 0.2) is 0 Å². The molecule has 2 aromatic carbocycles. The monoisotopic (exact) mass is 438 g/mol. The molecule has 0 atom stereocenters. The van der Waals surface area contributed by atoms with Gasteiger partial charge in [-0.2, -0.15) is 0 Å². The van der Waals surface area contributed by atoms with Crippen molar-refractivity contribution in [3.05, 3.63) is 57.0 Å². The van der Waals surface area contributed by atoms with Gasteiger partial charge in [0.2, 0.25) is 0 Å². The minimum atomic E-state index is -3.73. The molecule has 3 nitrogen and oxygen atoms in total. The average Bonchev–Trinajstić information content (AvgIpc) is 2.38. The van der Waals surface area contributed by atoms with E-state index in [9.17, 15) is 8.42 Å². The van der Waals surface area contributed by atoms with Crippen molar-refractivity contribution in [2.24, 2.45) is 0 Å². The summed E-state index contributed by atoms with van der Waals surface area (Å²) in [4.78, 5) is 0.0297. The quantitative estimate of drug-likeness (QED) is 0.647. The van der Waals surface area contributed by atoms with Gasteiger partial charge in [-0.15, -0.1) is 0 Å². The van der Waals surface area contributed by atoms with E-state index >= 15 is 0 Å². The van der Waals surface area contributed by atoms with Crippen molar-refractivity contribution in [3.8, 4) is 5.75 Å².